The third-order valence-electron chi connectivity index (χ3n) is 3.46. The van der Waals surface area contributed by atoms with Crippen LogP contribution in [-0.2, 0) is 16.1 Å². The first kappa shape index (κ1) is 15.1. The van der Waals surface area contributed by atoms with Gasteiger partial charge in [0.15, 0.2) is 6.29 Å². The van der Waals surface area contributed by atoms with E-state index in [0.717, 1.165) is 42.1 Å². The second kappa shape index (κ2) is 7.00. The molecule has 0 aliphatic carbocycles. The number of hydrogen-bond acceptors (Lipinski definition) is 5. The number of nitrogens with zero attached hydrogens (tertiary/aromatic N) is 1. The Morgan fingerprint density at radius 1 is 1.45 bits per heavy atom. The number of hydrogen-bond donors (Lipinski definition) is 1. The summed E-state index contributed by atoms with van der Waals surface area (Å²) in [5, 5.41) is 11.8. The Hall–Kier alpha value is -1.76. The van der Waals surface area contributed by atoms with E-state index in [4.69, 9.17) is 14.6 Å². The van der Waals surface area contributed by atoms with Crippen LogP contribution in [0.15, 0.2) is 29.6 Å². The van der Waals surface area contributed by atoms with E-state index in [2.05, 4.69) is 4.98 Å². The van der Waals surface area contributed by atoms with Gasteiger partial charge in [-0.15, -0.1) is 11.3 Å². The minimum Gasteiger partial charge on any atom is -0.478 e. The highest BCUT2D eigenvalue weighted by Gasteiger charge is 2.15. The highest BCUT2D eigenvalue weighted by Crippen LogP contribution is 2.25. The fourth-order valence-electron chi connectivity index (χ4n) is 2.31. The SMILES string of the molecule is O=C(O)c1cccc(-c2nc(COC3CCCCO3)cs2)c1. The van der Waals surface area contributed by atoms with E-state index in [1.54, 1.807) is 18.2 Å². The van der Waals surface area contributed by atoms with Crippen molar-refractivity contribution >= 4 is 17.3 Å². The summed E-state index contributed by atoms with van der Waals surface area (Å²) in [7, 11) is 0. The lowest BCUT2D eigenvalue weighted by Gasteiger charge is -2.22. The molecule has 2 aromatic rings. The predicted octanol–water partition coefficient (Wildman–Crippen LogP) is 3.55. The molecular formula is C16H17NO4S. The number of aromatic nitrogens is 1. The molecule has 1 atom stereocenters. The van der Waals surface area contributed by atoms with Gasteiger partial charge in [0.2, 0.25) is 0 Å². The molecule has 1 aromatic heterocycles. The first-order valence-corrected chi connectivity index (χ1v) is 8.12. The summed E-state index contributed by atoms with van der Waals surface area (Å²) in [4.78, 5) is 15.5. The monoisotopic (exact) mass is 319 g/mol. The lowest BCUT2D eigenvalue weighted by Crippen LogP contribution is -2.22. The van der Waals surface area contributed by atoms with Gasteiger partial charge in [-0.2, -0.15) is 0 Å². The van der Waals surface area contributed by atoms with E-state index < -0.39 is 5.97 Å². The summed E-state index contributed by atoms with van der Waals surface area (Å²) in [5.41, 5.74) is 1.92. The topological polar surface area (TPSA) is 68.7 Å². The molecule has 5 nitrogen and oxygen atoms in total. The summed E-state index contributed by atoms with van der Waals surface area (Å²) in [5.74, 6) is -0.934. The Balaban J connectivity index is 1.65. The van der Waals surface area contributed by atoms with Gasteiger partial charge in [0.1, 0.15) is 5.01 Å². The Kier molecular flexibility index (Phi) is 4.82. The maximum absolute atomic E-state index is 11.0. The summed E-state index contributed by atoms with van der Waals surface area (Å²) >= 11 is 1.48. The summed E-state index contributed by atoms with van der Waals surface area (Å²) in [6, 6.07) is 6.80. The maximum atomic E-state index is 11.0. The smallest absolute Gasteiger partial charge is 0.335 e. The highest BCUT2D eigenvalue weighted by molar-refractivity contribution is 7.13. The Labute approximate surface area is 132 Å². The molecule has 1 saturated heterocycles. The molecule has 3 rings (SSSR count). The third-order valence-corrected chi connectivity index (χ3v) is 4.40. The van der Waals surface area contributed by atoms with Crippen molar-refractivity contribution in [3.8, 4) is 10.6 Å². The summed E-state index contributed by atoms with van der Waals surface area (Å²) in [6.45, 7) is 1.18. The number of carboxylic acid groups (broad SMARTS) is 1. The van der Waals surface area contributed by atoms with Gasteiger partial charge in [-0.1, -0.05) is 12.1 Å². The second-order valence-corrected chi connectivity index (χ2v) is 6.00. The van der Waals surface area contributed by atoms with Gasteiger partial charge in [0.05, 0.1) is 17.9 Å². The molecule has 116 valence electrons. The average molecular weight is 319 g/mol. The molecule has 1 fully saturated rings. The maximum Gasteiger partial charge on any atom is 0.335 e. The van der Waals surface area contributed by atoms with E-state index in [1.165, 1.54) is 11.3 Å². The van der Waals surface area contributed by atoms with Gasteiger partial charge >= 0.3 is 5.97 Å². The van der Waals surface area contributed by atoms with Crippen LogP contribution in [0.25, 0.3) is 10.6 Å². The van der Waals surface area contributed by atoms with Crippen molar-refractivity contribution in [2.24, 2.45) is 0 Å². The number of ether oxygens (including phenoxy) is 2. The molecule has 0 saturated carbocycles. The third kappa shape index (κ3) is 3.71. The van der Waals surface area contributed by atoms with Crippen molar-refractivity contribution in [3.05, 3.63) is 40.9 Å². The van der Waals surface area contributed by atoms with Gasteiger partial charge in [-0.3, -0.25) is 0 Å². The van der Waals surface area contributed by atoms with Gasteiger partial charge in [-0.25, -0.2) is 9.78 Å². The highest BCUT2D eigenvalue weighted by atomic mass is 32.1. The van der Waals surface area contributed by atoms with Crippen LogP contribution in [0.3, 0.4) is 0 Å². The fourth-order valence-corrected chi connectivity index (χ4v) is 3.11. The minimum atomic E-state index is -0.934. The second-order valence-electron chi connectivity index (χ2n) is 5.14. The molecule has 0 amide bonds. The predicted molar refractivity (Wildman–Crippen MR) is 82.9 cm³/mol. The van der Waals surface area contributed by atoms with Crippen LogP contribution in [0.4, 0.5) is 0 Å². The van der Waals surface area contributed by atoms with Crippen molar-refractivity contribution < 1.29 is 19.4 Å². The minimum absolute atomic E-state index is 0.130. The molecule has 6 heteroatoms. The van der Waals surface area contributed by atoms with Gasteiger partial charge in [0.25, 0.3) is 0 Å². The van der Waals surface area contributed by atoms with Crippen LogP contribution in [-0.4, -0.2) is 29.0 Å². The molecule has 2 heterocycles. The van der Waals surface area contributed by atoms with Gasteiger partial charge < -0.3 is 14.6 Å². The van der Waals surface area contributed by atoms with E-state index in [9.17, 15) is 4.79 Å². The van der Waals surface area contributed by atoms with Crippen molar-refractivity contribution in [2.45, 2.75) is 32.2 Å². The molecule has 0 bridgehead atoms. The number of carbonyl (C=O) groups is 1. The molecule has 22 heavy (non-hydrogen) atoms. The number of benzene rings is 1. The quantitative estimate of drug-likeness (QED) is 0.912. The lowest BCUT2D eigenvalue weighted by molar-refractivity contribution is -0.169. The molecule has 0 radical (unpaired) electrons. The molecule has 1 N–H and O–H groups in total. The van der Waals surface area contributed by atoms with Crippen LogP contribution in [0, 0.1) is 0 Å². The number of thiazole rings is 1. The van der Waals surface area contributed by atoms with E-state index in [0.29, 0.717) is 6.61 Å². The van der Waals surface area contributed by atoms with E-state index in [-0.39, 0.29) is 11.9 Å². The van der Waals surface area contributed by atoms with Crippen molar-refractivity contribution in [2.75, 3.05) is 6.61 Å². The zero-order valence-corrected chi connectivity index (χ0v) is 12.8. The van der Waals surface area contributed by atoms with Gasteiger partial charge in [-0.05, 0) is 31.4 Å². The zero-order chi connectivity index (χ0) is 15.4. The Morgan fingerprint density at radius 3 is 3.14 bits per heavy atom. The zero-order valence-electron chi connectivity index (χ0n) is 12.0. The summed E-state index contributed by atoms with van der Waals surface area (Å²) in [6.07, 6.45) is 3.03. The molecule has 1 aliphatic rings. The van der Waals surface area contributed by atoms with Crippen LogP contribution >= 0.6 is 11.3 Å². The number of aromatic carboxylic acids is 1. The van der Waals surface area contributed by atoms with Crippen molar-refractivity contribution in [1.82, 2.24) is 4.98 Å². The molecule has 0 spiro atoms. The van der Waals surface area contributed by atoms with Crippen LogP contribution in [0.2, 0.25) is 0 Å². The van der Waals surface area contributed by atoms with Crippen molar-refractivity contribution in [1.29, 1.82) is 0 Å². The summed E-state index contributed by atoms with van der Waals surface area (Å²) < 4.78 is 11.2. The Bertz CT molecular complexity index is 649. The number of rotatable bonds is 5. The molecule has 1 aromatic carbocycles. The number of carboxylic acids is 1. The normalized spacial score (nSPS) is 18.3. The van der Waals surface area contributed by atoms with Crippen LogP contribution < -0.4 is 0 Å². The Morgan fingerprint density at radius 2 is 2.36 bits per heavy atom. The van der Waals surface area contributed by atoms with Crippen molar-refractivity contribution in [3.63, 3.8) is 0 Å². The first-order valence-electron chi connectivity index (χ1n) is 7.24. The standard InChI is InChI=1S/C16H17NO4S/c18-16(19)12-5-3-4-11(8-12)15-17-13(10-22-15)9-21-14-6-1-2-7-20-14/h3-5,8,10,14H,1-2,6-7,9H2,(H,18,19). The molecular weight excluding hydrogens is 302 g/mol. The molecule has 1 unspecified atom stereocenters. The molecule has 1 aliphatic heterocycles. The van der Waals surface area contributed by atoms with E-state index >= 15 is 0 Å². The van der Waals surface area contributed by atoms with Gasteiger partial charge in [0, 0.05) is 17.6 Å². The van der Waals surface area contributed by atoms with E-state index in [1.807, 2.05) is 11.4 Å². The largest absolute Gasteiger partial charge is 0.478 e. The first-order chi connectivity index (χ1) is 10.7. The average Bonchev–Trinajstić information content (AvgIpc) is 3.03. The fraction of sp³-hybridized carbons (Fsp3) is 0.375. The van der Waals surface area contributed by atoms with Crippen LogP contribution in [0.5, 0.6) is 0 Å². The lowest BCUT2D eigenvalue weighted by atomic mass is 10.1. The van der Waals surface area contributed by atoms with Crippen LogP contribution in [0.1, 0.15) is 35.3 Å².